The van der Waals surface area contributed by atoms with Gasteiger partial charge in [-0.3, -0.25) is 9.59 Å². The number of piperidine rings is 1. The highest BCUT2D eigenvalue weighted by molar-refractivity contribution is 5.84. The Morgan fingerprint density at radius 3 is 2.90 bits per heavy atom. The van der Waals surface area contributed by atoms with Gasteiger partial charge in [-0.25, -0.2) is 4.39 Å². The number of H-pyrrole nitrogens is 1. The SMILES string of the molecule is COc1ccc2[nH]c(CNC(=O)C3CCC(=O)N(Cc4ccccc4F)C3)cc2c1. The molecule has 1 aliphatic rings. The number of rotatable bonds is 6. The maximum absolute atomic E-state index is 13.9. The zero-order valence-corrected chi connectivity index (χ0v) is 16.8. The maximum atomic E-state index is 13.9. The van der Waals surface area contributed by atoms with Crippen molar-refractivity contribution in [2.45, 2.75) is 25.9 Å². The zero-order valence-electron chi connectivity index (χ0n) is 16.8. The summed E-state index contributed by atoms with van der Waals surface area (Å²) in [4.78, 5) is 29.8. The van der Waals surface area contributed by atoms with Crippen molar-refractivity contribution in [3.8, 4) is 5.75 Å². The smallest absolute Gasteiger partial charge is 0.225 e. The molecule has 1 atom stereocenters. The number of likely N-dealkylation sites (tertiary alicyclic amines) is 1. The number of nitrogens with one attached hydrogen (secondary N) is 2. The van der Waals surface area contributed by atoms with Gasteiger partial charge in [0.05, 0.1) is 19.6 Å². The van der Waals surface area contributed by atoms with Crippen LogP contribution in [-0.4, -0.2) is 35.4 Å². The molecule has 6 nitrogen and oxygen atoms in total. The minimum atomic E-state index is -0.340. The number of hydrogen-bond donors (Lipinski definition) is 2. The third-order valence-electron chi connectivity index (χ3n) is 5.53. The molecule has 0 spiro atoms. The molecule has 2 aromatic carbocycles. The van der Waals surface area contributed by atoms with E-state index in [0.717, 1.165) is 22.3 Å². The Bertz CT molecular complexity index is 1080. The van der Waals surface area contributed by atoms with Crippen molar-refractivity contribution in [2.75, 3.05) is 13.7 Å². The Labute approximate surface area is 174 Å². The molecule has 0 aliphatic carbocycles. The van der Waals surface area contributed by atoms with E-state index in [1.165, 1.54) is 6.07 Å². The third-order valence-corrected chi connectivity index (χ3v) is 5.53. The first kappa shape index (κ1) is 19.9. The lowest BCUT2D eigenvalue weighted by Crippen LogP contribution is -2.45. The number of nitrogens with zero attached hydrogens (tertiary/aromatic N) is 1. The maximum Gasteiger partial charge on any atom is 0.225 e. The van der Waals surface area contributed by atoms with Gasteiger partial charge in [-0.2, -0.15) is 0 Å². The third kappa shape index (κ3) is 4.30. The Kier molecular flexibility index (Phi) is 5.70. The average molecular weight is 409 g/mol. The number of aromatic nitrogens is 1. The number of amides is 2. The minimum absolute atomic E-state index is 0.0492. The van der Waals surface area contributed by atoms with Crippen LogP contribution in [-0.2, 0) is 22.7 Å². The van der Waals surface area contributed by atoms with Crippen molar-refractivity contribution < 1.29 is 18.7 Å². The summed E-state index contributed by atoms with van der Waals surface area (Å²) < 4.78 is 19.2. The topological polar surface area (TPSA) is 74.4 Å². The molecule has 1 fully saturated rings. The molecule has 156 valence electrons. The summed E-state index contributed by atoms with van der Waals surface area (Å²) in [5.74, 6) is -0.0192. The number of methoxy groups -OCH3 is 1. The molecule has 3 aromatic rings. The molecule has 0 radical (unpaired) electrons. The summed E-state index contributed by atoms with van der Waals surface area (Å²) in [6, 6.07) is 14.1. The lowest BCUT2D eigenvalue weighted by molar-refractivity contribution is -0.139. The van der Waals surface area contributed by atoms with Crippen LogP contribution in [0.25, 0.3) is 10.9 Å². The summed E-state index contributed by atoms with van der Waals surface area (Å²) >= 11 is 0. The van der Waals surface area contributed by atoms with Crippen LogP contribution in [0, 0.1) is 11.7 Å². The number of ether oxygens (including phenoxy) is 1. The van der Waals surface area contributed by atoms with E-state index in [1.807, 2.05) is 24.3 Å². The number of hydrogen-bond acceptors (Lipinski definition) is 3. The second-order valence-electron chi connectivity index (χ2n) is 7.57. The number of carbonyl (C=O) groups is 2. The van der Waals surface area contributed by atoms with Gasteiger partial charge in [0.1, 0.15) is 11.6 Å². The fourth-order valence-corrected chi connectivity index (χ4v) is 3.83. The molecule has 1 aromatic heterocycles. The first-order chi connectivity index (χ1) is 14.5. The summed E-state index contributed by atoms with van der Waals surface area (Å²) in [5, 5.41) is 3.97. The van der Waals surface area contributed by atoms with Crippen molar-refractivity contribution in [3.05, 3.63) is 65.6 Å². The predicted octanol–water partition coefficient (Wildman–Crippen LogP) is 3.37. The molecule has 30 heavy (non-hydrogen) atoms. The van der Waals surface area contributed by atoms with E-state index >= 15 is 0 Å². The molecular weight excluding hydrogens is 385 g/mol. The van der Waals surface area contributed by atoms with Crippen molar-refractivity contribution in [3.63, 3.8) is 0 Å². The number of aromatic amines is 1. The van der Waals surface area contributed by atoms with Gasteiger partial charge in [-0.05, 0) is 36.8 Å². The van der Waals surface area contributed by atoms with E-state index in [4.69, 9.17) is 4.74 Å². The number of fused-ring (bicyclic) bond motifs is 1. The van der Waals surface area contributed by atoms with Crippen LogP contribution in [0.1, 0.15) is 24.1 Å². The van der Waals surface area contributed by atoms with Gasteiger partial charge in [0, 0.05) is 41.7 Å². The monoisotopic (exact) mass is 409 g/mol. The van der Waals surface area contributed by atoms with Crippen molar-refractivity contribution >= 4 is 22.7 Å². The summed E-state index contributed by atoms with van der Waals surface area (Å²) in [5.41, 5.74) is 2.32. The molecule has 1 saturated heterocycles. The quantitative estimate of drug-likeness (QED) is 0.656. The normalized spacial score (nSPS) is 16.7. The van der Waals surface area contributed by atoms with Gasteiger partial charge in [0.15, 0.2) is 0 Å². The van der Waals surface area contributed by atoms with Gasteiger partial charge in [-0.15, -0.1) is 0 Å². The summed E-state index contributed by atoms with van der Waals surface area (Å²) in [6.07, 6.45) is 0.793. The molecule has 4 rings (SSSR count). The summed E-state index contributed by atoms with van der Waals surface area (Å²) in [7, 11) is 1.62. The molecule has 7 heteroatoms. The zero-order chi connectivity index (χ0) is 21.1. The second-order valence-corrected chi connectivity index (χ2v) is 7.57. The average Bonchev–Trinajstić information content (AvgIpc) is 3.17. The second kappa shape index (κ2) is 8.57. The van der Waals surface area contributed by atoms with Crippen LogP contribution in [0.5, 0.6) is 5.75 Å². The Morgan fingerprint density at radius 2 is 2.10 bits per heavy atom. The fraction of sp³-hybridized carbons (Fsp3) is 0.304. The molecule has 1 aliphatic heterocycles. The van der Waals surface area contributed by atoms with Crippen LogP contribution in [0.3, 0.4) is 0 Å². The molecule has 0 saturated carbocycles. The lowest BCUT2D eigenvalue weighted by Gasteiger charge is -2.32. The Hall–Kier alpha value is -3.35. The van der Waals surface area contributed by atoms with Crippen molar-refractivity contribution in [1.82, 2.24) is 15.2 Å². The van der Waals surface area contributed by atoms with Gasteiger partial charge >= 0.3 is 0 Å². The minimum Gasteiger partial charge on any atom is -0.497 e. The van der Waals surface area contributed by atoms with E-state index in [2.05, 4.69) is 10.3 Å². The number of benzene rings is 2. The van der Waals surface area contributed by atoms with E-state index < -0.39 is 0 Å². The molecule has 2 amide bonds. The number of carbonyl (C=O) groups excluding carboxylic acids is 2. The Morgan fingerprint density at radius 1 is 1.27 bits per heavy atom. The van der Waals surface area contributed by atoms with E-state index in [-0.39, 0.29) is 30.1 Å². The largest absolute Gasteiger partial charge is 0.497 e. The molecule has 2 N–H and O–H groups in total. The predicted molar refractivity (Wildman–Crippen MR) is 111 cm³/mol. The molecule has 2 heterocycles. The highest BCUT2D eigenvalue weighted by Crippen LogP contribution is 2.23. The standard InChI is InChI=1S/C23H24FN3O3/c1-30-19-7-8-21-17(11-19)10-18(26-21)12-25-23(29)16-6-9-22(28)27(14-16)13-15-4-2-3-5-20(15)24/h2-5,7-8,10-11,16,26H,6,9,12-14H2,1H3,(H,25,29). The van der Waals surface area contributed by atoms with Gasteiger partial charge in [-0.1, -0.05) is 18.2 Å². The number of halogens is 1. The van der Waals surface area contributed by atoms with Crippen LogP contribution in [0.2, 0.25) is 0 Å². The first-order valence-corrected chi connectivity index (χ1v) is 9.98. The van der Waals surface area contributed by atoms with E-state index in [0.29, 0.717) is 31.5 Å². The highest BCUT2D eigenvalue weighted by Gasteiger charge is 2.30. The summed E-state index contributed by atoms with van der Waals surface area (Å²) in [6.45, 7) is 0.843. The first-order valence-electron chi connectivity index (χ1n) is 9.98. The van der Waals surface area contributed by atoms with Crippen molar-refractivity contribution in [1.29, 1.82) is 0 Å². The highest BCUT2D eigenvalue weighted by atomic mass is 19.1. The van der Waals surface area contributed by atoms with Gasteiger partial charge < -0.3 is 19.9 Å². The molecule has 1 unspecified atom stereocenters. The van der Waals surface area contributed by atoms with Crippen LogP contribution >= 0.6 is 0 Å². The Balaban J connectivity index is 1.37. The van der Waals surface area contributed by atoms with Crippen LogP contribution < -0.4 is 10.1 Å². The molecule has 0 bridgehead atoms. The van der Waals surface area contributed by atoms with Gasteiger partial charge in [0.2, 0.25) is 11.8 Å². The van der Waals surface area contributed by atoms with Crippen LogP contribution in [0.15, 0.2) is 48.5 Å². The fourth-order valence-electron chi connectivity index (χ4n) is 3.83. The van der Waals surface area contributed by atoms with Crippen molar-refractivity contribution in [2.24, 2.45) is 5.92 Å². The van der Waals surface area contributed by atoms with E-state index in [9.17, 15) is 14.0 Å². The molecular formula is C23H24FN3O3. The van der Waals surface area contributed by atoms with E-state index in [1.54, 1.807) is 30.2 Å². The lowest BCUT2D eigenvalue weighted by atomic mass is 9.96. The van der Waals surface area contributed by atoms with Gasteiger partial charge in [0.25, 0.3) is 0 Å². The van der Waals surface area contributed by atoms with Crippen LogP contribution in [0.4, 0.5) is 4.39 Å².